The van der Waals surface area contributed by atoms with Crippen molar-refractivity contribution in [3.8, 4) is 17.1 Å². The quantitative estimate of drug-likeness (QED) is 0.579. The maximum Gasteiger partial charge on any atom is 0.241 e. The summed E-state index contributed by atoms with van der Waals surface area (Å²) in [5, 5.41) is 10.7. The predicted molar refractivity (Wildman–Crippen MR) is 112 cm³/mol. The number of hydrogen-bond donors (Lipinski definition) is 1. The number of carbonyl (C=O) groups excluding carboxylic acids is 1. The first-order chi connectivity index (χ1) is 15.1. The minimum atomic E-state index is -0.101. The topological polar surface area (TPSA) is 110 Å². The molecule has 3 aromatic rings. The van der Waals surface area contributed by atoms with Crippen molar-refractivity contribution in [2.24, 2.45) is 0 Å². The number of carbonyl (C=O) groups is 1. The van der Waals surface area contributed by atoms with Crippen LogP contribution >= 0.6 is 0 Å². The van der Waals surface area contributed by atoms with Crippen LogP contribution < -0.4 is 10.1 Å². The monoisotopic (exact) mass is 426 g/mol. The Bertz CT molecular complexity index is 1010. The number of anilines is 1. The molecular weight excluding hydrogens is 400 g/mol. The van der Waals surface area contributed by atoms with Crippen molar-refractivity contribution in [1.29, 1.82) is 0 Å². The molecule has 0 bridgehead atoms. The SMILES string of the molecule is CCOc1ccccc1-c1noc(CN2CCN(CC(=O)Nc3cc(C)on3)CC2)n1. The first kappa shape index (κ1) is 21.0. The molecule has 0 unspecified atom stereocenters. The van der Waals surface area contributed by atoms with Crippen LogP contribution in [0.4, 0.5) is 5.82 Å². The van der Waals surface area contributed by atoms with Gasteiger partial charge >= 0.3 is 0 Å². The zero-order valence-electron chi connectivity index (χ0n) is 17.7. The molecule has 1 amide bonds. The standard InChI is InChI=1S/C21H26N6O4/c1-3-29-17-7-5-4-6-16(17)21-23-20(31-25-21)14-27-10-8-26(9-11-27)13-19(28)22-18-12-15(2)30-24-18/h4-7,12H,3,8-11,13-14H2,1-2H3,(H,22,24,28). The number of para-hydroxylation sites is 1. The van der Waals surface area contributed by atoms with Gasteiger partial charge in [-0.15, -0.1) is 0 Å². The molecule has 1 aliphatic heterocycles. The van der Waals surface area contributed by atoms with Gasteiger partial charge in [-0.2, -0.15) is 4.98 Å². The molecule has 10 nitrogen and oxygen atoms in total. The Balaban J connectivity index is 1.26. The normalized spacial score (nSPS) is 15.2. The van der Waals surface area contributed by atoms with Gasteiger partial charge in [-0.1, -0.05) is 22.4 Å². The summed E-state index contributed by atoms with van der Waals surface area (Å²) >= 11 is 0. The summed E-state index contributed by atoms with van der Waals surface area (Å²) in [6.45, 7) is 8.36. The Morgan fingerprint density at radius 1 is 1.13 bits per heavy atom. The maximum absolute atomic E-state index is 12.2. The number of aryl methyl sites for hydroxylation is 1. The summed E-state index contributed by atoms with van der Waals surface area (Å²) in [5.41, 5.74) is 0.817. The van der Waals surface area contributed by atoms with Crippen LogP contribution in [0.15, 0.2) is 39.4 Å². The van der Waals surface area contributed by atoms with Gasteiger partial charge in [0, 0.05) is 32.2 Å². The second-order valence-corrected chi connectivity index (χ2v) is 7.36. The lowest BCUT2D eigenvalue weighted by atomic mass is 10.2. The molecular formula is C21H26N6O4. The third-order valence-electron chi connectivity index (χ3n) is 4.98. The van der Waals surface area contributed by atoms with Crippen molar-refractivity contribution >= 4 is 11.7 Å². The lowest BCUT2D eigenvalue weighted by Gasteiger charge is -2.33. The molecule has 164 valence electrons. The van der Waals surface area contributed by atoms with Gasteiger partial charge in [-0.3, -0.25) is 14.6 Å². The van der Waals surface area contributed by atoms with Crippen LogP contribution in [0.3, 0.4) is 0 Å². The van der Waals surface area contributed by atoms with E-state index in [4.69, 9.17) is 13.8 Å². The zero-order chi connectivity index (χ0) is 21.6. The lowest BCUT2D eigenvalue weighted by Crippen LogP contribution is -2.48. The average Bonchev–Trinajstić information content (AvgIpc) is 3.39. The van der Waals surface area contributed by atoms with E-state index in [0.717, 1.165) is 37.5 Å². The summed E-state index contributed by atoms with van der Waals surface area (Å²) in [7, 11) is 0. The van der Waals surface area contributed by atoms with Crippen LogP contribution in [0.5, 0.6) is 5.75 Å². The van der Waals surface area contributed by atoms with Gasteiger partial charge in [0.05, 0.1) is 25.3 Å². The van der Waals surface area contributed by atoms with E-state index < -0.39 is 0 Å². The molecule has 0 spiro atoms. The van der Waals surface area contributed by atoms with Gasteiger partial charge in [0.1, 0.15) is 11.5 Å². The maximum atomic E-state index is 12.2. The summed E-state index contributed by atoms with van der Waals surface area (Å²) in [4.78, 5) is 21.1. The number of rotatable bonds is 8. The summed E-state index contributed by atoms with van der Waals surface area (Å²) in [5.74, 6) is 2.83. The molecule has 0 radical (unpaired) electrons. The van der Waals surface area contributed by atoms with Crippen molar-refractivity contribution in [2.45, 2.75) is 20.4 Å². The van der Waals surface area contributed by atoms with Crippen LogP contribution in [0, 0.1) is 6.92 Å². The van der Waals surface area contributed by atoms with E-state index in [1.54, 1.807) is 13.0 Å². The van der Waals surface area contributed by atoms with Gasteiger partial charge in [0.2, 0.25) is 17.6 Å². The first-order valence-corrected chi connectivity index (χ1v) is 10.3. The number of piperazine rings is 1. The van der Waals surface area contributed by atoms with Crippen molar-refractivity contribution < 1.29 is 18.6 Å². The second-order valence-electron chi connectivity index (χ2n) is 7.36. The van der Waals surface area contributed by atoms with Gasteiger partial charge in [-0.05, 0) is 26.0 Å². The van der Waals surface area contributed by atoms with Crippen molar-refractivity contribution in [2.75, 3.05) is 44.6 Å². The molecule has 1 aromatic carbocycles. The van der Waals surface area contributed by atoms with Crippen LogP contribution in [-0.2, 0) is 11.3 Å². The molecule has 1 aliphatic rings. The number of benzene rings is 1. The van der Waals surface area contributed by atoms with Crippen molar-refractivity contribution in [1.82, 2.24) is 25.1 Å². The smallest absolute Gasteiger partial charge is 0.241 e. The van der Waals surface area contributed by atoms with Crippen LogP contribution in [0.2, 0.25) is 0 Å². The highest BCUT2D eigenvalue weighted by atomic mass is 16.5. The molecule has 0 atom stereocenters. The number of aromatic nitrogens is 3. The first-order valence-electron chi connectivity index (χ1n) is 10.3. The molecule has 0 saturated carbocycles. The highest BCUT2D eigenvalue weighted by Crippen LogP contribution is 2.27. The number of nitrogens with one attached hydrogen (secondary N) is 1. The summed E-state index contributed by atoms with van der Waals surface area (Å²) in [6.07, 6.45) is 0. The van der Waals surface area contributed by atoms with E-state index >= 15 is 0 Å². The Morgan fingerprint density at radius 2 is 1.90 bits per heavy atom. The van der Waals surface area contributed by atoms with E-state index in [0.29, 0.717) is 43.0 Å². The second kappa shape index (κ2) is 9.71. The molecule has 3 heterocycles. The fraction of sp³-hybridized carbons (Fsp3) is 0.429. The third kappa shape index (κ3) is 5.47. The van der Waals surface area contributed by atoms with E-state index in [1.807, 2.05) is 31.2 Å². The van der Waals surface area contributed by atoms with E-state index in [1.165, 1.54) is 0 Å². The Labute approximate surface area is 180 Å². The Hall–Kier alpha value is -3.24. The number of hydrogen-bond acceptors (Lipinski definition) is 9. The minimum absolute atomic E-state index is 0.101. The minimum Gasteiger partial charge on any atom is -0.493 e. The van der Waals surface area contributed by atoms with E-state index in [-0.39, 0.29) is 5.91 Å². The molecule has 31 heavy (non-hydrogen) atoms. The van der Waals surface area contributed by atoms with Gasteiger partial charge in [0.25, 0.3) is 0 Å². The molecule has 10 heteroatoms. The van der Waals surface area contributed by atoms with Gasteiger partial charge < -0.3 is 19.1 Å². The number of ether oxygens (including phenoxy) is 1. The van der Waals surface area contributed by atoms with Gasteiger partial charge in [0.15, 0.2) is 5.82 Å². The van der Waals surface area contributed by atoms with Crippen LogP contribution in [-0.4, -0.2) is 70.3 Å². The van der Waals surface area contributed by atoms with Crippen molar-refractivity contribution in [3.63, 3.8) is 0 Å². The molecule has 2 aromatic heterocycles. The average molecular weight is 426 g/mol. The fourth-order valence-corrected chi connectivity index (χ4v) is 3.47. The molecule has 1 N–H and O–H groups in total. The van der Waals surface area contributed by atoms with E-state index in [9.17, 15) is 4.79 Å². The molecule has 4 rings (SSSR count). The predicted octanol–water partition coefficient (Wildman–Crippen LogP) is 2.19. The zero-order valence-corrected chi connectivity index (χ0v) is 17.7. The summed E-state index contributed by atoms with van der Waals surface area (Å²) in [6, 6.07) is 9.36. The van der Waals surface area contributed by atoms with E-state index in [2.05, 4.69) is 30.4 Å². The molecule has 1 saturated heterocycles. The number of amides is 1. The summed E-state index contributed by atoms with van der Waals surface area (Å²) < 4.78 is 16.1. The van der Waals surface area contributed by atoms with Gasteiger partial charge in [-0.25, -0.2) is 0 Å². The fourth-order valence-electron chi connectivity index (χ4n) is 3.47. The highest BCUT2D eigenvalue weighted by Gasteiger charge is 2.22. The number of nitrogens with zero attached hydrogens (tertiary/aromatic N) is 5. The Morgan fingerprint density at radius 3 is 2.65 bits per heavy atom. The molecule has 0 aliphatic carbocycles. The van der Waals surface area contributed by atoms with Crippen LogP contribution in [0.25, 0.3) is 11.4 Å². The Kier molecular flexibility index (Phi) is 6.58. The largest absolute Gasteiger partial charge is 0.493 e. The molecule has 1 fully saturated rings. The third-order valence-corrected chi connectivity index (χ3v) is 4.98. The van der Waals surface area contributed by atoms with Crippen LogP contribution in [0.1, 0.15) is 18.6 Å². The highest BCUT2D eigenvalue weighted by molar-refractivity contribution is 5.91. The van der Waals surface area contributed by atoms with Crippen molar-refractivity contribution in [3.05, 3.63) is 42.0 Å². The lowest BCUT2D eigenvalue weighted by molar-refractivity contribution is -0.117.